The Morgan fingerprint density at radius 2 is 1.72 bits per heavy atom. The molecule has 0 saturated carbocycles. The zero-order valence-corrected chi connectivity index (χ0v) is 19.1. The number of aromatic nitrogens is 1. The van der Waals surface area contributed by atoms with Crippen LogP contribution >= 0.6 is 22.9 Å². The average molecular weight is 498 g/mol. The molecule has 4 rings (SSSR count). The van der Waals surface area contributed by atoms with Crippen molar-refractivity contribution in [1.82, 2.24) is 14.2 Å². The molecule has 0 spiro atoms. The van der Waals surface area contributed by atoms with Gasteiger partial charge in [-0.2, -0.15) is 4.31 Å². The first-order valence-corrected chi connectivity index (χ1v) is 12.4. The minimum atomic E-state index is -4.34. The molecule has 1 amide bonds. The summed E-state index contributed by atoms with van der Waals surface area (Å²) in [5.74, 6) is -2.47. The molecule has 1 saturated heterocycles. The van der Waals surface area contributed by atoms with Crippen LogP contribution in [0.2, 0.25) is 5.02 Å². The molecule has 0 bridgehead atoms. The number of rotatable bonds is 5. The van der Waals surface area contributed by atoms with Crippen molar-refractivity contribution in [3.63, 3.8) is 0 Å². The van der Waals surface area contributed by atoms with Crippen molar-refractivity contribution in [3.05, 3.63) is 70.2 Å². The lowest BCUT2D eigenvalue weighted by atomic mass is 10.2. The van der Waals surface area contributed by atoms with Gasteiger partial charge in [-0.15, -0.1) is 11.3 Å². The third kappa shape index (κ3) is 4.68. The first-order chi connectivity index (χ1) is 15.3. The summed E-state index contributed by atoms with van der Waals surface area (Å²) >= 11 is 7.42. The van der Waals surface area contributed by atoms with E-state index in [9.17, 15) is 22.0 Å². The molecule has 0 radical (unpaired) electrons. The first kappa shape index (κ1) is 22.8. The summed E-state index contributed by atoms with van der Waals surface area (Å²) in [7, 11) is -4.34. The molecule has 1 aromatic heterocycles. The molecule has 6 nitrogen and oxygen atoms in total. The van der Waals surface area contributed by atoms with Crippen LogP contribution < -0.4 is 0 Å². The van der Waals surface area contributed by atoms with Gasteiger partial charge in [-0.3, -0.25) is 4.79 Å². The number of amides is 1. The number of piperazine rings is 1. The standard InChI is InChI=1S/C21H18ClF2N3O3S2/c22-15-4-1-3-14(11-15)21-25-16(13-31-21)12-19(28)26-7-9-27(10-8-26)32(29,30)20-17(23)5-2-6-18(20)24/h1-6,11,13H,7-10,12H2. The van der Waals surface area contributed by atoms with Crippen molar-refractivity contribution in [2.45, 2.75) is 11.3 Å². The van der Waals surface area contributed by atoms with Crippen molar-refractivity contribution in [1.29, 1.82) is 0 Å². The topological polar surface area (TPSA) is 70.6 Å². The molecule has 168 valence electrons. The number of hydrogen-bond acceptors (Lipinski definition) is 5. The molecular formula is C21H18ClF2N3O3S2. The van der Waals surface area contributed by atoms with Crippen LogP contribution in [0, 0.1) is 11.6 Å². The van der Waals surface area contributed by atoms with Crippen LogP contribution in [-0.2, 0) is 21.2 Å². The highest BCUT2D eigenvalue weighted by Crippen LogP contribution is 2.27. The number of thiazole rings is 1. The summed E-state index contributed by atoms with van der Waals surface area (Å²) in [4.78, 5) is 17.7. The summed E-state index contributed by atoms with van der Waals surface area (Å²) in [6, 6.07) is 10.2. The predicted octanol–water partition coefficient (Wildman–Crippen LogP) is 3.82. The molecule has 1 aliphatic rings. The van der Waals surface area contributed by atoms with Crippen LogP contribution in [0.1, 0.15) is 5.69 Å². The van der Waals surface area contributed by atoms with E-state index in [2.05, 4.69) is 4.98 Å². The van der Waals surface area contributed by atoms with Crippen molar-refractivity contribution < 1.29 is 22.0 Å². The molecule has 0 aliphatic carbocycles. The number of nitrogens with zero attached hydrogens (tertiary/aromatic N) is 3. The third-order valence-electron chi connectivity index (χ3n) is 5.06. The Morgan fingerprint density at radius 1 is 1.06 bits per heavy atom. The highest BCUT2D eigenvalue weighted by molar-refractivity contribution is 7.89. The van der Waals surface area contributed by atoms with Gasteiger partial charge in [0.05, 0.1) is 12.1 Å². The van der Waals surface area contributed by atoms with Crippen molar-refractivity contribution >= 4 is 38.9 Å². The molecule has 2 aromatic carbocycles. The Hall–Kier alpha value is -2.40. The minimum absolute atomic E-state index is 0.0489. The number of hydrogen-bond donors (Lipinski definition) is 0. The van der Waals surface area contributed by atoms with E-state index >= 15 is 0 Å². The second-order valence-electron chi connectivity index (χ2n) is 7.17. The molecule has 32 heavy (non-hydrogen) atoms. The quantitative estimate of drug-likeness (QED) is 0.537. The van der Waals surface area contributed by atoms with Gasteiger partial charge in [-0.05, 0) is 24.3 Å². The predicted molar refractivity (Wildman–Crippen MR) is 118 cm³/mol. The van der Waals surface area contributed by atoms with E-state index in [-0.39, 0.29) is 38.5 Å². The van der Waals surface area contributed by atoms with Gasteiger partial charge >= 0.3 is 0 Å². The fourth-order valence-electron chi connectivity index (χ4n) is 3.44. The highest BCUT2D eigenvalue weighted by Gasteiger charge is 2.34. The molecule has 0 unspecified atom stereocenters. The van der Waals surface area contributed by atoms with E-state index in [1.54, 1.807) is 17.5 Å². The number of benzene rings is 2. The van der Waals surface area contributed by atoms with Gasteiger partial charge < -0.3 is 4.90 Å². The first-order valence-electron chi connectivity index (χ1n) is 9.68. The SMILES string of the molecule is O=C(Cc1csc(-c2cccc(Cl)c2)n1)N1CCN(S(=O)(=O)c2c(F)cccc2F)CC1. The Morgan fingerprint density at radius 3 is 2.38 bits per heavy atom. The van der Waals surface area contributed by atoms with Crippen LogP contribution in [-0.4, -0.2) is 54.7 Å². The number of sulfonamides is 1. The molecule has 1 fully saturated rings. The van der Waals surface area contributed by atoms with E-state index in [0.29, 0.717) is 10.7 Å². The number of carbonyl (C=O) groups is 1. The van der Waals surface area contributed by atoms with Crippen molar-refractivity contribution in [2.24, 2.45) is 0 Å². The molecule has 0 N–H and O–H groups in total. The zero-order chi connectivity index (χ0) is 22.9. The lowest BCUT2D eigenvalue weighted by molar-refractivity contribution is -0.131. The smallest absolute Gasteiger partial charge is 0.249 e. The van der Waals surface area contributed by atoms with Gasteiger partial charge in [0, 0.05) is 42.1 Å². The Balaban J connectivity index is 1.39. The fraction of sp³-hybridized carbons (Fsp3) is 0.238. The van der Waals surface area contributed by atoms with Crippen LogP contribution in [0.25, 0.3) is 10.6 Å². The second kappa shape index (κ2) is 9.22. The van der Waals surface area contributed by atoms with Gasteiger partial charge in [0.2, 0.25) is 15.9 Å². The fourth-order valence-corrected chi connectivity index (χ4v) is 5.98. The van der Waals surface area contributed by atoms with Gasteiger partial charge in [-0.25, -0.2) is 22.2 Å². The molecular weight excluding hydrogens is 480 g/mol. The summed E-state index contributed by atoms with van der Waals surface area (Å²) in [5, 5.41) is 3.15. The molecule has 1 aliphatic heterocycles. The van der Waals surface area contributed by atoms with Crippen molar-refractivity contribution in [2.75, 3.05) is 26.2 Å². The van der Waals surface area contributed by atoms with Crippen LogP contribution in [0.5, 0.6) is 0 Å². The average Bonchev–Trinajstić information content (AvgIpc) is 3.22. The normalized spacial score (nSPS) is 15.2. The van der Waals surface area contributed by atoms with Crippen LogP contribution in [0.4, 0.5) is 8.78 Å². The second-order valence-corrected chi connectivity index (χ2v) is 10.3. The van der Waals surface area contributed by atoms with Crippen molar-refractivity contribution in [3.8, 4) is 10.6 Å². The zero-order valence-electron chi connectivity index (χ0n) is 16.7. The van der Waals surface area contributed by atoms with Gasteiger partial charge in [0.15, 0.2) is 4.90 Å². The van der Waals surface area contributed by atoms with E-state index < -0.39 is 26.6 Å². The van der Waals surface area contributed by atoms with E-state index in [0.717, 1.165) is 33.1 Å². The maximum atomic E-state index is 14.0. The molecule has 11 heteroatoms. The monoisotopic (exact) mass is 497 g/mol. The summed E-state index contributed by atoms with van der Waals surface area (Å²) < 4.78 is 54.3. The third-order valence-corrected chi connectivity index (χ3v) is 8.19. The van der Waals surface area contributed by atoms with E-state index in [1.165, 1.54) is 16.2 Å². The van der Waals surface area contributed by atoms with E-state index in [1.807, 2.05) is 12.1 Å². The lowest BCUT2D eigenvalue weighted by Crippen LogP contribution is -2.51. The number of carbonyl (C=O) groups excluding carboxylic acids is 1. The molecule has 2 heterocycles. The van der Waals surface area contributed by atoms with Gasteiger partial charge in [0.1, 0.15) is 16.6 Å². The van der Waals surface area contributed by atoms with Crippen LogP contribution in [0.3, 0.4) is 0 Å². The Labute approximate surface area is 193 Å². The van der Waals surface area contributed by atoms with Crippen LogP contribution in [0.15, 0.2) is 52.7 Å². The lowest BCUT2D eigenvalue weighted by Gasteiger charge is -2.34. The molecule has 0 atom stereocenters. The summed E-state index contributed by atoms with van der Waals surface area (Å²) in [6.45, 7) is 0.151. The number of halogens is 3. The summed E-state index contributed by atoms with van der Waals surface area (Å²) in [6.07, 6.45) is 0.0752. The Bertz CT molecular complexity index is 1240. The highest BCUT2D eigenvalue weighted by atomic mass is 35.5. The molecule has 3 aromatic rings. The summed E-state index contributed by atoms with van der Waals surface area (Å²) in [5.41, 5.74) is 1.47. The van der Waals surface area contributed by atoms with Gasteiger partial charge in [0.25, 0.3) is 0 Å². The minimum Gasteiger partial charge on any atom is -0.340 e. The van der Waals surface area contributed by atoms with Gasteiger partial charge in [-0.1, -0.05) is 29.8 Å². The van der Waals surface area contributed by atoms with E-state index in [4.69, 9.17) is 11.6 Å². The maximum absolute atomic E-state index is 14.0. The largest absolute Gasteiger partial charge is 0.340 e. The maximum Gasteiger partial charge on any atom is 0.249 e. The Kier molecular flexibility index (Phi) is 6.57.